The summed E-state index contributed by atoms with van der Waals surface area (Å²) in [4.78, 5) is 18.5. The number of carbonyl (C=O) groups excluding carboxylic acids is 1. The molecule has 1 aromatic heterocycles. The van der Waals surface area contributed by atoms with E-state index in [1.54, 1.807) is 6.07 Å². The number of rotatable bonds is 2. The third kappa shape index (κ3) is 2.09. The first-order chi connectivity index (χ1) is 8.15. The van der Waals surface area contributed by atoms with Crippen molar-refractivity contribution in [2.24, 2.45) is 5.92 Å². The number of likely N-dealkylation sites (N-methyl/N-ethyl adjacent to an activating group) is 1. The van der Waals surface area contributed by atoms with Gasteiger partial charge in [0.1, 0.15) is 10.4 Å². The number of nitrogens with one attached hydrogen (secondary N) is 1. The first-order valence-corrected chi connectivity index (χ1v) is 6.60. The fraction of sp³-hybridized carbons (Fsp3) is 0.500. The molecule has 2 aliphatic rings. The summed E-state index contributed by atoms with van der Waals surface area (Å²) < 4.78 is 0.734. The average Bonchev–Trinajstić information content (AvgIpc) is 2.98. The molecule has 0 unspecified atom stereocenters. The molecular formula is C12H14BrN3O. The number of carbonyl (C=O) groups is 1. The number of anilines is 1. The molecule has 2 fully saturated rings. The predicted octanol–water partition coefficient (Wildman–Crippen LogP) is 1.88. The van der Waals surface area contributed by atoms with E-state index in [4.69, 9.17) is 0 Å². The first-order valence-electron chi connectivity index (χ1n) is 5.80. The Hall–Kier alpha value is -0.940. The van der Waals surface area contributed by atoms with Gasteiger partial charge in [0.25, 0.3) is 0 Å². The van der Waals surface area contributed by atoms with Crippen molar-refractivity contribution in [3.63, 3.8) is 0 Å². The van der Waals surface area contributed by atoms with Gasteiger partial charge in [0.15, 0.2) is 0 Å². The summed E-state index contributed by atoms with van der Waals surface area (Å²) in [5.41, 5.74) is 0. The lowest BCUT2D eigenvalue weighted by atomic mass is 10.1. The van der Waals surface area contributed by atoms with E-state index in [9.17, 15) is 4.79 Å². The molecule has 0 aromatic carbocycles. The molecule has 4 nitrogen and oxygen atoms in total. The predicted molar refractivity (Wildman–Crippen MR) is 68.6 cm³/mol. The molecule has 17 heavy (non-hydrogen) atoms. The van der Waals surface area contributed by atoms with Gasteiger partial charge >= 0.3 is 0 Å². The molecule has 3 rings (SSSR count). The van der Waals surface area contributed by atoms with E-state index in [0.717, 1.165) is 16.9 Å². The zero-order chi connectivity index (χ0) is 12.0. The van der Waals surface area contributed by atoms with Crippen LogP contribution in [0.4, 0.5) is 5.82 Å². The highest BCUT2D eigenvalue weighted by atomic mass is 79.9. The van der Waals surface area contributed by atoms with Crippen molar-refractivity contribution in [3.05, 3.63) is 22.8 Å². The van der Waals surface area contributed by atoms with Crippen LogP contribution in [0.3, 0.4) is 0 Å². The smallest absolute Gasteiger partial charge is 0.242 e. The summed E-state index contributed by atoms with van der Waals surface area (Å²) in [5, 5.41) is 2.87. The Morgan fingerprint density at radius 1 is 1.53 bits per heavy atom. The molecule has 1 amide bonds. The zero-order valence-electron chi connectivity index (χ0n) is 9.56. The molecule has 1 saturated heterocycles. The molecule has 90 valence electrons. The van der Waals surface area contributed by atoms with Crippen LogP contribution in [0.5, 0.6) is 0 Å². The summed E-state index contributed by atoms with van der Waals surface area (Å²) in [6, 6.07) is 6.16. The van der Waals surface area contributed by atoms with E-state index in [2.05, 4.69) is 31.1 Å². The summed E-state index contributed by atoms with van der Waals surface area (Å²) in [6.45, 7) is 0. The molecular weight excluding hydrogens is 282 g/mol. The number of amides is 1. The van der Waals surface area contributed by atoms with Crippen LogP contribution in [-0.2, 0) is 4.79 Å². The Morgan fingerprint density at radius 2 is 2.35 bits per heavy atom. The highest BCUT2D eigenvalue weighted by Gasteiger charge is 2.52. The second kappa shape index (κ2) is 4.07. The van der Waals surface area contributed by atoms with Gasteiger partial charge in [-0.15, -0.1) is 0 Å². The van der Waals surface area contributed by atoms with Crippen LogP contribution >= 0.6 is 15.9 Å². The van der Waals surface area contributed by atoms with Crippen LogP contribution in [0.2, 0.25) is 0 Å². The Balaban J connectivity index is 1.67. The van der Waals surface area contributed by atoms with Crippen LogP contribution < -0.4 is 5.32 Å². The van der Waals surface area contributed by atoms with E-state index in [1.807, 2.05) is 19.2 Å². The van der Waals surface area contributed by atoms with Crippen molar-refractivity contribution in [1.29, 1.82) is 0 Å². The van der Waals surface area contributed by atoms with E-state index < -0.39 is 0 Å². The number of hydrogen-bond donors (Lipinski definition) is 1. The van der Waals surface area contributed by atoms with Gasteiger partial charge in [-0.1, -0.05) is 6.07 Å². The lowest BCUT2D eigenvalue weighted by Crippen LogP contribution is -2.39. The van der Waals surface area contributed by atoms with Gasteiger partial charge in [-0.3, -0.25) is 9.69 Å². The Kier molecular flexibility index (Phi) is 2.67. The Morgan fingerprint density at radius 3 is 3.00 bits per heavy atom. The summed E-state index contributed by atoms with van der Waals surface area (Å²) in [5.74, 6) is 1.41. The van der Waals surface area contributed by atoms with Crippen molar-refractivity contribution >= 4 is 27.7 Å². The van der Waals surface area contributed by atoms with Crippen molar-refractivity contribution in [1.82, 2.24) is 9.88 Å². The lowest BCUT2D eigenvalue weighted by Gasteiger charge is -2.21. The summed E-state index contributed by atoms with van der Waals surface area (Å²) in [6.07, 6.45) is 2.25. The topological polar surface area (TPSA) is 45.2 Å². The maximum absolute atomic E-state index is 12.1. The number of aromatic nitrogens is 1. The van der Waals surface area contributed by atoms with E-state index in [-0.39, 0.29) is 11.9 Å². The maximum atomic E-state index is 12.1. The van der Waals surface area contributed by atoms with Gasteiger partial charge in [0, 0.05) is 6.04 Å². The normalized spacial score (nSPS) is 31.1. The van der Waals surface area contributed by atoms with Gasteiger partial charge in [-0.25, -0.2) is 4.98 Å². The standard InChI is InChI=1S/C12H14BrN3O/c1-16-8-5-7(8)6-9(16)12(17)15-11-4-2-3-10(13)14-11/h2-4,7-9H,5-6H2,1H3,(H,14,15,17)/t7-,8-,9+/m1/s1. The number of pyridine rings is 1. The Bertz CT molecular complexity index is 465. The molecule has 0 radical (unpaired) electrons. The maximum Gasteiger partial charge on any atom is 0.242 e. The molecule has 1 aliphatic heterocycles. The van der Waals surface area contributed by atoms with Gasteiger partial charge in [-0.05, 0) is 53.9 Å². The van der Waals surface area contributed by atoms with Crippen molar-refractivity contribution in [3.8, 4) is 0 Å². The number of piperidine rings is 1. The summed E-state index contributed by atoms with van der Waals surface area (Å²) >= 11 is 3.29. The van der Waals surface area contributed by atoms with Crippen molar-refractivity contribution in [2.45, 2.75) is 24.9 Å². The Labute approximate surface area is 109 Å². The molecule has 0 spiro atoms. The fourth-order valence-electron chi connectivity index (χ4n) is 2.65. The minimum Gasteiger partial charge on any atom is -0.309 e. The molecule has 3 atom stereocenters. The highest BCUT2D eigenvalue weighted by molar-refractivity contribution is 9.10. The van der Waals surface area contributed by atoms with Gasteiger partial charge in [0.05, 0.1) is 6.04 Å². The van der Waals surface area contributed by atoms with Crippen LogP contribution in [0.15, 0.2) is 22.8 Å². The number of nitrogens with zero attached hydrogens (tertiary/aromatic N) is 2. The molecule has 1 saturated carbocycles. The molecule has 5 heteroatoms. The SMILES string of the molecule is CN1[C@@H]2C[C@@H]2C[C@H]1C(=O)Nc1cccc(Br)n1. The van der Waals surface area contributed by atoms with E-state index in [1.165, 1.54) is 6.42 Å². The largest absolute Gasteiger partial charge is 0.309 e. The van der Waals surface area contributed by atoms with Gasteiger partial charge in [-0.2, -0.15) is 0 Å². The number of halogens is 1. The highest BCUT2D eigenvalue weighted by Crippen LogP contribution is 2.46. The van der Waals surface area contributed by atoms with E-state index >= 15 is 0 Å². The number of likely N-dealkylation sites (tertiary alicyclic amines) is 1. The van der Waals surface area contributed by atoms with Crippen molar-refractivity contribution < 1.29 is 4.79 Å². The third-order valence-corrected chi connectivity index (χ3v) is 4.14. The van der Waals surface area contributed by atoms with E-state index in [0.29, 0.717) is 11.9 Å². The number of fused-ring (bicyclic) bond motifs is 1. The zero-order valence-corrected chi connectivity index (χ0v) is 11.1. The monoisotopic (exact) mass is 295 g/mol. The first kappa shape index (κ1) is 11.2. The molecule has 1 aliphatic carbocycles. The molecule has 0 bridgehead atoms. The minimum absolute atomic E-state index is 0.0135. The molecule has 1 aromatic rings. The van der Waals surface area contributed by atoms with Gasteiger partial charge in [0.2, 0.25) is 5.91 Å². The van der Waals surface area contributed by atoms with Crippen LogP contribution in [0, 0.1) is 5.92 Å². The van der Waals surface area contributed by atoms with Crippen LogP contribution in [-0.4, -0.2) is 34.9 Å². The number of hydrogen-bond acceptors (Lipinski definition) is 3. The van der Waals surface area contributed by atoms with Crippen LogP contribution in [0.1, 0.15) is 12.8 Å². The lowest BCUT2D eigenvalue weighted by molar-refractivity contribution is -0.120. The molecule has 2 heterocycles. The fourth-order valence-corrected chi connectivity index (χ4v) is 2.99. The average molecular weight is 296 g/mol. The second-order valence-electron chi connectivity index (χ2n) is 4.81. The van der Waals surface area contributed by atoms with Crippen molar-refractivity contribution in [2.75, 3.05) is 12.4 Å². The minimum atomic E-state index is 0.0135. The quantitative estimate of drug-likeness (QED) is 0.848. The second-order valence-corrected chi connectivity index (χ2v) is 5.63. The van der Waals surface area contributed by atoms with Gasteiger partial charge < -0.3 is 5.32 Å². The van der Waals surface area contributed by atoms with Crippen LogP contribution in [0.25, 0.3) is 0 Å². The summed E-state index contributed by atoms with van der Waals surface area (Å²) in [7, 11) is 2.04. The third-order valence-electron chi connectivity index (χ3n) is 3.70. The molecule has 1 N–H and O–H groups in total.